The normalized spacial score (nSPS) is 16.4. The highest BCUT2D eigenvalue weighted by molar-refractivity contribution is 5.80. The number of aromatic nitrogens is 2. The number of hydrogen-bond acceptors (Lipinski definition) is 4. The van der Waals surface area contributed by atoms with Crippen molar-refractivity contribution < 1.29 is 19.4 Å². The molecule has 1 saturated carbocycles. The van der Waals surface area contributed by atoms with Crippen molar-refractivity contribution in [2.24, 2.45) is 0 Å². The molecule has 0 spiro atoms. The van der Waals surface area contributed by atoms with Gasteiger partial charge in [-0.1, -0.05) is 30.3 Å². The molecular formula is C28H35FN2O3. The summed E-state index contributed by atoms with van der Waals surface area (Å²) in [5.41, 5.74) is 0.0691. The molecule has 4 rings (SSSR count). The summed E-state index contributed by atoms with van der Waals surface area (Å²) in [6.07, 6.45) is 5.81. The van der Waals surface area contributed by atoms with Crippen molar-refractivity contribution in [1.82, 2.24) is 9.55 Å². The fourth-order valence-electron chi connectivity index (χ4n) is 4.76. The van der Waals surface area contributed by atoms with Crippen LogP contribution in [0.1, 0.15) is 88.7 Å². The summed E-state index contributed by atoms with van der Waals surface area (Å²) in [4.78, 5) is 17.2. The van der Waals surface area contributed by atoms with Gasteiger partial charge in [0.1, 0.15) is 17.1 Å². The summed E-state index contributed by atoms with van der Waals surface area (Å²) in [6, 6.07) is 12.8. The molecule has 182 valence electrons. The second-order valence-corrected chi connectivity index (χ2v) is 10.4. The van der Waals surface area contributed by atoms with Crippen LogP contribution in [0, 0.1) is 5.82 Å². The second kappa shape index (κ2) is 9.59. The molecule has 1 atom stereocenters. The standard InChI is InChI=1S/C28H35FN2O3/c1-27(2,33)20-16-23(29)26-24(17-20)31(21-12-9-13-21)25(30-26)15-8-7-14-22(32)18-28(3,34)19-10-5-4-6-11-19/h4-6,10-11,16-17,21,33-34H,7-9,12-15,18H2,1-3H3/t28-/m0/s1. The number of benzene rings is 2. The van der Waals surface area contributed by atoms with Crippen LogP contribution in [0.4, 0.5) is 4.39 Å². The van der Waals surface area contributed by atoms with Crippen molar-refractivity contribution in [2.45, 2.75) is 89.4 Å². The van der Waals surface area contributed by atoms with Crippen LogP contribution < -0.4 is 0 Å². The summed E-state index contributed by atoms with van der Waals surface area (Å²) in [7, 11) is 0. The summed E-state index contributed by atoms with van der Waals surface area (Å²) in [5, 5.41) is 21.1. The smallest absolute Gasteiger partial charge is 0.151 e. The summed E-state index contributed by atoms with van der Waals surface area (Å²) in [6.45, 7) is 4.99. The zero-order valence-corrected chi connectivity index (χ0v) is 20.4. The SMILES string of the molecule is CC(C)(O)c1cc(F)c2nc(CCCCC(=O)C[C@](C)(O)c3ccccc3)n(C3CCC3)c2c1. The first-order chi connectivity index (χ1) is 16.1. The number of carbonyl (C=O) groups excluding carboxylic acids is 1. The third-order valence-electron chi connectivity index (χ3n) is 7.01. The number of hydrogen-bond donors (Lipinski definition) is 2. The van der Waals surface area contributed by atoms with E-state index in [0.717, 1.165) is 42.6 Å². The third kappa shape index (κ3) is 5.23. The molecule has 5 nitrogen and oxygen atoms in total. The maximum Gasteiger partial charge on any atom is 0.151 e. The predicted octanol–water partition coefficient (Wildman–Crippen LogP) is 5.71. The van der Waals surface area contributed by atoms with Crippen LogP contribution >= 0.6 is 0 Å². The van der Waals surface area contributed by atoms with E-state index < -0.39 is 17.0 Å². The number of fused-ring (bicyclic) bond motifs is 1. The molecule has 3 aromatic rings. The number of imidazole rings is 1. The van der Waals surface area contributed by atoms with E-state index >= 15 is 0 Å². The molecule has 0 aliphatic heterocycles. The van der Waals surface area contributed by atoms with Crippen LogP contribution in [-0.4, -0.2) is 25.5 Å². The minimum Gasteiger partial charge on any atom is -0.386 e. The minimum atomic E-state index is -1.17. The first-order valence-electron chi connectivity index (χ1n) is 12.3. The van der Waals surface area contributed by atoms with E-state index in [1.807, 2.05) is 36.4 Å². The Labute approximate surface area is 200 Å². The molecule has 0 amide bonds. The highest BCUT2D eigenvalue weighted by Crippen LogP contribution is 2.38. The first kappa shape index (κ1) is 24.6. The van der Waals surface area contributed by atoms with Crippen molar-refractivity contribution in [2.75, 3.05) is 0 Å². The van der Waals surface area contributed by atoms with Crippen molar-refractivity contribution in [1.29, 1.82) is 0 Å². The summed E-state index contributed by atoms with van der Waals surface area (Å²) >= 11 is 0. The van der Waals surface area contributed by atoms with Gasteiger partial charge in [-0.25, -0.2) is 9.37 Å². The lowest BCUT2D eigenvalue weighted by Crippen LogP contribution is -2.25. The molecule has 6 heteroatoms. The van der Waals surface area contributed by atoms with Gasteiger partial charge in [-0.2, -0.15) is 0 Å². The Morgan fingerprint density at radius 2 is 1.79 bits per heavy atom. The average molecular weight is 467 g/mol. The lowest BCUT2D eigenvalue weighted by atomic mass is 9.89. The summed E-state index contributed by atoms with van der Waals surface area (Å²) < 4.78 is 17.0. The number of unbranched alkanes of at least 4 members (excludes halogenated alkanes) is 1. The highest BCUT2D eigenvalue weighted by Gasteiger charge is 2.28. The van der Waals surface area contributed by atoms with E-state index in [1.165, 1.54) is 6.07 Å². The van der Waals surface area contributed by atoms with Crippen molar-refractivity contribution in [3.05, 3.63) is 65.2 Å². The molecule has 2 aromatic carbocycles. The number of aryl methyl sites for hydroxylation is 1. The topological polar surface area (TPSA) is 75.3 Å². The van der Waals surface area contributed by atoms with E-state index in [2.05, 4.69) is 9.55 Å². The van der Waals surface area contributed by atoms with Gasteiger partial charge in [0, 0.05) is 25.3 Å². The predicted molar refractivity (Wildman–Crippen MR) is 131 cm³/mol. The van der Waals surface area contributed by atoms with Gasteiger partial charge in [0.2, 0.25) is 0 Å². The zero-order chi connectivity index (χ0) is 24.5. The van der Waals surface area contributed by atoms with E-state index in [1.54, 1.807) is 20.8 Å². The highest BCUT2D eigenvalue weighted by atomic mass is 19.1. The van der Waals surface area contributed by atoms with E-state index in [4.69, 9.17) is 0 Å². The van der Waals surface area contributed by atoms with Gasteiger partial charge in [-0.15, -0.1) is 0 Å². The van der Waals surface area contributed by atoms with Crippen LogP contribution in [0.2, 0.25) is 0 Å². The Hall–Kier alpha value is -2.57. The zero-order valence-electron chi connectivity index (χ0n) is 20.4. The van der Waals surface area contributed by atoms with E-state index in [-0.39, 0.29) is 12.2 Å². The lowest BCUT2D eigenvalue weighted by Gasteiger charge is -2.29. The maximum absolute atomic E-state index is 14.9. The Morgan fingerprint density at radius 1 is 1.09 bits per heavy atom. The molecule has 1 aliphatic rings. The van der Waals surface area contributed by atoms with Gasteiger partial charge in [-0.3, -0.25) is 4.79 Å². The molecule has 2 N–H and O–H groups in total. The molecule has 0 radical (unpaired) electrons. The summed E-state index contributed by atoms with van der Waals surface area (Å²) in [5.74, 6) is 0.463. The van der Waals surface area contributed by atoms with E-state index in [0.29, 0.717) is 36.4 Å². The van der Waals surface area contributed by atoms with Crippen LogP contribution in [0.25, 0.3) is 11.0 Å². The van der Waals surface area contributed by atoms with Crippen LogP contribution in [-0.2, 0) is 22.4 Å². The Balaban J connectivity index is 1.43. The van der Waals surface area contributed by atoms with Crippen molar-refractivity contribution in [3.63, 3.8) is 0 Å². The maximum atomic E-state index is 14.9. The number of aliphatic hydroxyl groups is 2. The number of nitrogens with zero attached hydrogens (tertiary/aromatic N) is 2. The molecule has 1 fully saturated rings. The third-order valence-corrected chi connectivity index (χ3v) is 7.01. The van der Waals surface area contributed by atoms with Gasteiger partial charge in [0.05, 0.1) is 16.7 Å². The van der Waals surface area contributed by atoms with Crippen LogP contribution in [0.15, 0.2) is 42.5 Å². The number of Topliss-reactive ketones (excluding diaryl/α,β-unsaturated/α-hetero) is 1. The van der Waals surface area contributed by atoms with Crippen molar-refractivity contribution in [3.8, 4) is 0 Å². The second-order valence-electron chi connectivity index (χ2n) is 10.4. The molecule has 1 aromatic heterocycles. The molecule has 0 unspecified atom stereocenters. The molecule has 1 aliphatic carbocycles. The van der Waals surface area contributed by atoms with Gasteiger partial charge >= 0.3 is 0 Å². The Bertz CT molecular complexity index is 1160. The molecular weight excluding hydrogens is 431 g/mol. The lowest BCUT2D eigenvalue weighted by molar-refractivity contribution is -0.123. The van der Waals surface area contributed by atoms with Crippen molar-refractivity contribution >= 4 is 16.8 Å². The quantitative estimate of drug-likeness (QED) is 0.376. The monoisotopic (exact) mass is 466 g/mol. The van der Waals surface area contributed by atoms with Gasteiger partial charge < -0.3 is 14.8 Å². The van der Waals surface area contributed by atoms with Gasteiger partial charge in [0.15, 0.2) is 5.82 Å². The van der Waals surface area contributed by atoms with Crippen LogP contribution in [0.3, 0.4) is 0 Å². The fraction of sp³-hybridized carbons (Fsp3) is 0.500. The largest absolute Gasteiger partial charge is 0.386 e. The number of carbonyl (C=O) groups is 1. The van der Waals surface area contributed by atoms with E-state index in [9.17, 15) is 19.4 Å². The number of rotatable bonds is 10. The molecule has 34 heavy (non-hydrogen) atoms. The number of halogens is 1. The Morgan fingerprint density at radius 3 is 2.41 bits per heavy atom. The fourth-order valence-corrected chi connectivity index (χ4v) is 4.76. The van der Waals surface area contributed by atoms with Gasteiger partial charge in [-0.05, 0) is 76.1 Å². The van der Waals surface area contributed by atoms with Gasteiger partial charge in [0.25, 0.3) is 0 Å². The van der Waals surface area contributed by atoms with Crippen LogP contribution in [0.5, 0.6) is 0 Å². The average Bonchev–Trinajstić information content (AvgIpc) is 3.08. The molecule has 1 heterocycles. The molecule has 0 saturated heterocycles. The minimum absolute atomic E-state index is 0.0298. The number of ketones is 1. The first-order valence-corrected chi connectivity index (χ1v) is 12.3. The molecule has 0 bridgehead atoms. The Kier molecular flexibility index (Phi) is 6.92.